The summed E-state index contributed by atoms with van der Waals surface area (Å²) in [6, 6.07) is 9.57. The zero-order valence-corrected chi connectivity index (χ0v) is 15.4. The quantitative estimate of drug-likeness (QED) is 0.691. The van der Waals surface area contributed by atoms with Crippen molar-refractivity contribution in [1.29, 1.82) is 0 Å². The highest BCUT2D eigenvalue weighted by Crippen LogP contribution is 2.26. The van der Waals surface area contributed by atoms with Gasteiger partial charge >= 0.3 is 5.69 Å². The smallest absolute Gasteiger partial charge is 0.263 e. The molecule has 2 heterocycles. The molecule has 2 aromatic heterocycles. The van der Waals surface area contributed by atoms with E-state index in [1.807, 2.05) is 31.2 Å². The first kappa shape index (κ1) is 17.4. The van der Waals surface area contributed by atoms with Gasteiger partial charge in [0.05, 0.1) is 10.7 Å². The molecule has 1 aromatic carbocycles. The van der Waals surface area contributed by atoms with E-state index >= 15 is 0 Å². The van der Waals surface area contributed by atoms with Crippen LogP contribution in [0.2, 0.25) is 5.02 Å². The summed E-state index contributed by atoms with van der Waals surface area (Å²) in [5.74, 6) is 1.02. The Labute approximate surface area is 151 Å². The van der Waals surface area contributed by atoms with Gasteiger partial charge < -0.3 is 0 Å². The average molecular weight is 357 g/mol. The Morgan fingerprint density at radius 1 is 1.16 bits per heavy atom. The van der Waals surface area contributed by atoms with Crippen molar-refractivity contribution in [1.82, 2.24) is 19.3 Å². The fourth-order valence-corrected chi connectivity index (χ4v) is 2.80. The molecular formula is C19H21ClN4O. The van der Waals surface area contributed by atoms with E-state index in [2.05, 4.69) is 23.9 Å². The van der Waals surface area contributed by atoms with E-state index in [0.29, 0.717) is 28.9 Å². The lowest BCUT2D eigenvalue weighted by Crippen LogP contribution is -2.24. The summed E-state index contributed by atoms with van der Waals surface area (Å²) in [6.45, 7) is 6.84. The monoisotopic (exact) mass is 356 g/mol. The molecule has 0 atom stereocenters. The van der Waals surface area contributed by atoms with Gasteiger partial charge in [-0.3, -0.25) is 4.98 Å². The summed E-state index contributed by atoms with van der Waals surface area (Å²) < 4.78 is 3.13. The number of aryl methyl sites for hydroxylation is 2. The van der Waals surface area contributed by atoms with Gasteiger partial charge in [-0.15, -0.1) is 5.10 Å². The SMILES string of the molecule is Cc1ccc(-n2c(-c3ccncc3Cl)nn(CCC(C)C)c2=O)cc1. The van der Waals surface area contributed by atoms with E-state index in [9.17, 15) is 4.79 Å². The zero-order chi connectivity index (χ0) is 18.0. The van der Waals surface area contributed by atoms with Crippen LogP contribution in [-0.4, -0.2) is 19.3 Å². The lowest BCUT2D eigenvalue weighted by molar-refractivity contribution is 0.476. The van der Waals surface area contributed by atoms with Crippen LogP contribution >= 0.6 is 11.6 Å². The third-order valence-electron chi connectivity index (χ3n) is 4.06. The molecule has 0 N–H and O–H groups in total. The van der Waals surface area contributed by atoms with E-state index < -0.39 is 0 Å². The molecule has 0 saturated heterocycles. The average Bonchev–Trinajstić information content (AvgIpc) is 2.91. The molecule has 0 aliphatic heterocycles. The third-order valence-corrected chi connectivity index (χ3v) is 4.36. The lowest BCUT2D eigenvalue weighted by atomic mass is 10.1. The molecular weight excluding hydrogens is 336 g/mol. The standard InChI is InChI=1S/C19H21ClN4O/c1-13(2)9-11-23-19(25)24(15-6-4-14(3)5-7-15)18(22-23)16-8-10-21-12-17(16)20/h4-8,10,12-13H,9,11H2,1-3H3. The summed E-state index contributed by atoms with van der Waals surface area (Å²) in [5, 5.41) is 5.04. The molecule has 0 aliphatic carbocycles. The lowest BCUT2D eigenvalue weighted by Gasteiger charge is -2.07. The maximum Gasteiger partial charge on any atom is 0.350 e. The van der Waals surface area contributed by atoms with Crippen LogP contribution in [0.1, 0.15) is 25.8 Å². The maximum absolute atomic E-state index is 13.0. The highest BCUT2D eigenvalue weighted by molar-refractivity contribution is 6.33. The van der Waals surface area contributed by atoms with E-state index in [-0.39, 0.29) is 5.69 Å². The van der Waals surface area contributed by atoms with Crippen molar-refractivity contribution in [3.05, 3.63) is 63.8 Å². The molecule has 0 spiro atoms. The van der Waals surface area contributed by atoms with E-state index in [0.717, 1.165) is 17.7 Å². The molecule has 0 saturated carbocycles. The van der Waals surface area contributed by atoms with Crippen LogP contribution in [0.15, 0.2) is 47.5 Å². The number of aromatic nitrogens is 4. The highest BCUT2D eigenvalue weighted by atomic mass is 35.5. The molecule has 6 heteroatoms. The topological polar surface area (TPSA) is 52.7 Å². The van der Waals surface area contributed by atoms with Crippen molar-refractivity contribution in [2.75, 3.05) is 0 Å². The van der Waals surface area contributed by atoms with Crippen LogP contribution in [0.3, 0.4) is 0 Å². The Morgan fingerprint density at radius 2 is 1.88 bits per heavy atom. The first-order valence-electron chi connectivity index (χ1n) is 8.34. The van der Waals surface area contributed by atoms with Crippen molar-refractivity contribution < 1.29 is 0 Å². The molecule has 5 nitrogen and oxygen atoms in total. The molecule has 25 heavy (non-hydrogen) atoms. The molecule has 3 rings (SSSR count). The minimum Gasteiger partial charge on any atom is -0.263 e. The van der Waals surface area contributed by atoms with Gasteiger partial charge in [0, 0.05) is 24.5 Å². The first-order valence-corrected chi connectivity index (χ1v) is 8.72. The first-order chi connectivity index (χ1) is 12.0. The summed E-state index contributed by atoms with van der Waals surface area (Å²) >= 11 is 6.31. The second-order valence-electron chi connectivity index (χ2n) is 6.54. The second-order valence-corrected chi connectivity index (χ2v) is 6.95. The van der Waals surface area contributed by atoms with Gasteiger partial charge in [0.1, 0.15) is 0 Å². The van der Waals surface area contributed by atoms with Gasteiger partial charge in [-0.05, 0) is 37.5 Å². The summed E-state index contributed by atoms with van der Waals surface area (Å²) in [4.78, 5) is 17.0. The van der Waals surface area contributed by atoms with Crippen LogP contribution in [0.5, 0.6) is 0 Å². The minimum absolute atomic E-state index is 0.160. The van der Waals surface area contributed by atoms with Crippen molar-refractivity contribution >= 4 is 11.6 Å². The fourth-order valence-electron chi connectivity index (χ4n) is 2.59. The molecule has 0 fully saturated rings. The Morgan fingerprint density at radius 3 is 2.52 bits per heavy atom. The van der Waals surface area contributed by atoms with Gasteiger partial charge in [-0.2, -0.15) is 0 Å². The normalized spacial score (nSPS) is 11.2. The number of hydrogen-bond donors (Lipinski definition) is 0. The van der Waals surface area contributed by atoms with Crippen LogP contribution in [0.4, 0.5) is 0 Å². The maximum atomic E-state index is 13.0. The molecule has 0 amide bonds. The van der Waals surface area contributed by atoms with Gasteiger partial charge in [0.15, 0.2) is 5.82 Å². The van der Waals surface area contributed by atoms with Gasteiger partial charge in [-0.25, -0.2) is 14.0 Å². The highest BCUT2D eigenvalue weighted by Gasteiger charge is 2.18. The summed E-state index contributed by atoms with van der Waals surface area (Å²) in [7, 11) is 0. The Balaban J connectivity index is 2.18. The largest absolute Gasteiger partial charge is 0.350 e. The summed E-state index contributed by atoms with van der Waals surface area (Å²) in [6.07, 6.45) is 4.10. The van der Waals surface area contributed by atoms with E-state index in [1.165, 1.54) is 4.68 Å². The number of hydrogen-bond acceptors (Lipinski definition) is 3. The van der Waals surface area contributed by atoms with Crippen LogP contribution in [0, 0.1) is 12.8 Å². The number of rotatable bonds is 5. The molecule has 3 aromatic rings. The third kappa shape index (κ3) is 3.66. The predicted octanol–water partition coefficient (Wildman–Crippen LogP) is 4.10. The second kappa shape index (κ2) is 7.23. The predicted molar refractivity (Wildman–Crippen MR) is 100 cm³/mol. The molecule has 130 valence electrons. The molecule has 0 radical (unpaired) electrons. The molecule has 0 aliphatic rings. The number of pyridine rings is 1. The minimum atomic E-state index is -0.160. The Bertz CT molecular complexity index is 925. The van der Waals surface area contributed by atoms with Crippen LogP contribution in [0.25, 0.3) is 17.1 Å². The van der Waals surface area contributed by atoms with E-state index in [1.54, 1.807) is 23.0 Å². The van der Waals surface area contributed by atoms with Crippen LogP contribution in [-0.2, 0) is 6.54 Å². The van der Waals surface area contributed by atoms with Crippen molar-refractivity contribution in [2.45, 2.75) is 33.7 Å². The molecule has 0 unspecified atom stereocenters. The van der Waals surface area contributed by atoms with Gasteiger partial charge in [0.25, 0.3) is 0 Å². The molecule has 0 bridgehead atoms. The van der Waals surface area contributed by atoms with Gasteiger partial charge in [0.2, 0.25) is 0 Å². The van der Waals surface area contributed by atoms with Crippen molar-refractivity contribution in [2.24, 2.45) is 5.92 Å². The fraction of sp³-hybridized carbons (Fsp3) is 0.316. The Kier molecular flexibility index (Phi) is 5.04. The van der Waals surface area contributed by atoms with Crippen LogP contribution < -0.4 is 5.69 Å². The van der Waals surface area contributed by atoms with Crippen molar-refractivity contribution in [3.8, 4) is 17.1 Å². The number of halogens is 1. The number of nitrogens with zero attached hydrogens (tertiary/aromatic N) is 4. The van der Waals surface area contributed by atoms with E-state index in [4.69, 9.17) is 11.6 Å². The van der Waals surface area contributed by atoms with Crippen molar-refractivity contribution in [3.63, 3.8) is 0 Å². The Hall–Kier alpha value is -2.40. The number of benzene rings is 1. The zero-order valence-electron chi connectivity index (χ0n) is 14.6. The summed E-state index contributed by atoms with van der Waals surface area (Å²) in [5.41, 5.74) is 2.44. The van der Waals surface area contributed by atoms with Gasteiger partial charge in [-0.1, -0.05) is 43.1 Å².